The summed E-state index contributed by atoms with van der Waals surface area (Å²) in [6.45, 7) is 2.10. The molecule has 12 nitrogen and oxygen atoms in total. The molecule has 1 aliphatic rings. The SMILES string of the molecule is COC1=C(I)C(=O)c2nc(-c3nc(OCc4ccccc4)c(C)c(-c4ccc(OC)c(OC)c4OCc4ccccc4)c3NC(=O)OCc3ccccc3)ccc2C1=O. The van der Waals surface area contributed by atoms with Crippen LogP contribution in [0.4, 0.5) is 10.5 Å². The molecule has 13 heteroatoms. The highest BCUT2D eigenvalue weighted by Gasteiger charge is 2.35. The van der Waals surface area contributed by atoms with Crippen LogP contribution in [0.15, 0.2) is 125 Å². The molecule has 1 aliphatic carbocycles. The number of Topliss-reactive ketones (excluding diaryl/α,β-unsaturated/α-hetero) is 2. The van der Waals surface area contributed by atoms with Gasteiger partial charge in [0.15, 0.2) is 17.3 Å². The van der Waals surface area contributed by atoms with Crippen molar-refractivity contribution in [2.45, 2.75) is 26.7 Å². The van der Waals surface area contributed by atoms with E-state index in [0.29, 0.717) is 33.9 Å². The number of aromatic nitrogens is 2. The minimum atomic E-state index is -0.797. The van der Waals surface area contributed by atoms with Crippen LogP contribution in [0.1, 0.15) is 43.1 Å². The van der Waals surface area contributed by atoms with Crippen LogP contribution in [-0.2, 0) is 29.3 Å². The zero-order chi connectivity index (χ0) is 41.5. The Balaban J connectivity index is 1.47. The van der Waals surface area contributed by atoms with Crippen molar-refractivity contribution in [3.05, 3.63) is 158 Å². The Morgan fingerprint density at radius 1 is 0.627 bits per heavy atom. The molecule has 2 aromatic heterocycles. The summed E-state index contributed by atoms with van der Waals surface area (Å²) < 4.78 is 35.8. The van der Waals surface area contributed by atoms with Gasteiger partial charge in [0.1, 0.15) is 34.8 Å². The van der Waals surface area contributed by atoms with Gasteiger partial charge >= 0.3 is 6.09 Å². The number of allylic oxidation sites excluding steroid dienone is 2. The van der Waals surface area contributed by atoms with Gasteiger partial charge in [-0.3, -0.25) is 14.9 Å². The lowest BCUT2D eigenvalue weighted by Gasteiger charge is -2.24. The molecule has 1 N–H and O–H groups in total. The number of nitrogens with one attached hydrogen (secondary N) is 1. The Morgan fingerprint density at radius 3 is 1.81 bits per heavy atom. The molecule has 7 rings (SSSR count). The molecule has 2 heterocycles. The van der Waals surface area contributed by atoms with Crippen LogP contribution in [0.5, 0.6) is 23.1 Å². The number of pyridine rings is 2. The largest absolute Gasteiger partial charge is 0.493 e. The molecule has 0 atom stereocenters. The number of hydrogen-bond donors (Lipinski definition) is 1. The molecule has 0 saturated heterocycles. The van der Waals surface area contributed by atoms with Crippen LogP contribution >= 0.6 is 22.6 Å². The summed E-state index contributed by atoms with van der Waals surface area (Å²) in [5.74, 6) is 0.157. The van der Waals surface area contributed by atoms with Crippen LogP contribution in [0, 0.1) is 6.92 Å². The average molecular weight is 904 g/mol. The van der Waals surface area contributed by atoms with Crippen molar-refractivity contribution in [2.24, 2.45) is 0 Å². The van der Waals surface area contributed by atoms with Crippen molar-refractivity contribution in [3.8, 4) is 45.6 Å². The first kappa shape index (κ1) is 40.5. The normalized spacial score (nSPS) is 12.1. The quantitative estimate of drug-likeness (QED) is 0.104. The van der Waals surface area contributed by atoms with Crippen molar-refractivity contribution in [2.75, 3.05) is 26.6 Å². The number of rotatable bonds is 14. The topological polar surface area (TPSA) is 144 Å². The van der Waals surface area contributed by atoms with Gasteiger partial charge in [0.05, 0.1) is 38.3 Å². The van der Waals surface area contributed by atoms with Crippen molar-refractivity contribution in [3.63, 3.8) is 0 Å². The van der Waals surface area contributed by atoms with Gasteiger partial charge in [0.25, 0.3) is 0 Å². The summed E-state index contributed by atoms with van der Waals surface area (Å²) in [7, 11) is 4.37. The number of fused-ring (bicyclic) bond motifs is 1. The Labute approximate surface area is 354 Å². The Morgan fingerprint density at radius 2 is 1.22 bits per heavy atom. The summed E-state index contributed by atoms with van der Waals surface area (Å²) in [6.07, 6.45) is -0.797. The molecule has 0 unspecified atom stereocenters. The van der Waals surface area contributed by atoms with Gasteiger partial charge in [-0.25, -0.2) is 14.8 Å². The number of methoxy groups -OCH3 is 3. The Bertz CT molecular complexity index is 2570. The lowest BCUT2D eigenvalue weighted by atomic mass is 9.94. The molecule has 298 valence electrons. The van der Waals surface area contributed by atoms with E-state index in [0.717, 1.165) is 16.7 Å². The molecule has 4 aromatic carbocycles. The van der Waals surface area contributed by atoms with Gasteiger partial charge in [-0.05, 0) is 70.5 Å². The third kappa shape index (κ3) is 8.60. The van der Waals surface area contributed by atoms with E-state index >= 15 is 0 Å². The van der Waals surface area contributed by atoms with Crippen molar-refractivity contribution in [1.29, 1.82) is 0 Å². The summed E-state index contributed by atoms with van der Waals surface area (Å²) in [4.78, 5) is 50.7. The average Bonchev–Trinajstić information content (AvgIpc) is 3.27. The molecule has 0 radical (unpaired) electrons. The summed E-state index contributed by atoms with van der Waals surface area (Å²) in [5.41, 5.74) is 4.39. The lowest BCUT2D eigenvalue weighted by Crippen LogP contribution is -2.22. The predicted molar refractivity (Wildman–Crippen MR) is 229 cm³/mol. The summed E-state index contributed by atoms with van der Waals surface area (Å²) in [6, 6.07) is 35.0. The van der Waals surface area contributed by atoms with Gasteiger partial charge < -0.3 is 28.4 Å². The number of ether oxygens (including phenoxy) is 6. The fourth-order valence-electron chi connectivity index (χ4n) is 6.55. The minimum Gasteiger partial charge on any atom is -0.493 e. The van der Waals surface area contributed by atoms with E-state index in [1.807, 2.05) is 97.9 Å². The molecule has 0 saturated carbocycles. The number of anilines is 1. The van der Waals surface area contributed by atoms with Crippen molar-refractivity contribution < 1.29 is 42.8 Å². The van der Waals surface area contributed by atoms with Crippen LogP contribution in [0.3, 0.4) is 0 Å². The van der Waals surface area contributed by atoms with E-state index in [-0.39, 0.29) is 63.4 Å². The van der Waals surface area contributed by atoms with Crippen molar-refractivity contribution in [1.82, 2.24) is 9.97 Å². The molecule has 0 fully saturated rings. The second-order valence-electron chi connectivity index (χ2n) is 13.2. The zero-order valence-corrected chi connectivity index (χ0v) is 34.7. The van der Waals surface area contributed by atoms with E-state index in [1.165, 1.54) is 27.4 Å². The van der Waals surface area contributed by atoms with Crippen LogP contribution < -0.4 is 24.3 Å². The highest BCUT2D eigenvalue weighted by molar-refractivity contribution is 14.1. The number of nitrogens with zero attached hydrogens (tertiary/aromatic N) is 2. The second-order valence-corrected chi connectivity index (χ2v) is 14.2. The molecular weight excluding hydrogens is 865 g/mol. The maximum Gasteiger partial charge on any atom is 0.412 e. The number of carbonyl (C=O) groups excluding carboxylic acids is 3. The molecule has 0 spiro atoms. The highest BCUT2D eigenvalue weighted by atomic mass is 127. The highest BCUT2D eigenvalue weighted by Crippen LogP contribution is 2.50. The number of amides is 1. The van der Waals surface area contributed by atoms with Crippen molar-refractivity contribution >= 4 is 45.9 Å². The Kier molecular flexibility index (Phi) is 12.5. The third-order valence-corrected chi connectivity index (χ3v) is 10.4. The number of hydrogen-bond acceptors (Lipinski definition) is 11. The van der Waals surface area contributed by atoms with Gasteiger partial charge in [-0.1, -0.05) is 91.0 Å². The first-order chi connectivity index (χ1) is 28.7. The van der Waals surface area contributed by atoms with E-state index in [1.54, 1.807) is 40.8 Å². The van der Waals surface area contributed by atoms with Crippen LogP contribution in [0.2, 0.25) is 0 Å². The molecule has 0 aliphatic heterocycles. The molecule has 6 aromatic rings. The fraction of sp³-hybridized carbons (Fsp3) is 0.152. The fourth-order valence-corrected chi connectivity index (χ4v) is 7.27. The van der Waals surface area contributed by atoms with Gasteiger partial charge in [0.2, 0.25) is 23.2 Å². The van der Waals surface area contributed by atoms with E-state index in [4.69, 9.17) is 38.4 Å². The maximum absolute atomic E-state index is 13.9. The van der Waals surface area contributed by atoms with E-state index in [9.17, 15) is 14.4 Å². The zero-order valence-electron chi connectivity index (χ0n) is 32.5. The van der Waals surface area contributed by atoms with Crippen LogP contribution in [-0.4, -0.2) is 49.0 Å². The molecule has 59 heavy (non-hydrogen) atoms. The van der Waals surface area contributed by atoms with E-state index < -0.39 is 17.7 Å². The number of ketones is 2. The summed E-state index contributed by atoms with van der Waals surface area (Å²) >= 11 is 1.79. The van der Waals surface area contributed by atoms with Crippen LogP contribution in [0.25, 0.3) is 22.5 Å². The first-order valence-corrected chi connectivity index (χ1v) is 19.5. The predicted octanol–water partition coefficient (Wildman–Crippen LogP) is 9.71. The molecular formula is C46H38IN3O9. The lowest BCUT2D eigenvalue weighted by molar-refractivity contribution is 0.0912. The number of carbonyl (C=O) groups is 3. The second kappa shape index (κ2) is 18.2. The number of benzene rings is 4. The monoisotopic (exact) mass is 903 g/mol. The van der Waals surface area contributed by atoms with Gasteiger partial charge in [-0.2, -0.15) is 0 Å². The molecule has 1 amide bonds. The minimum absolute atomic E-state index is 0.0237. The third-order valence-electron chi connectivity index (χ3n) is 9.46. The maximum atomic E-state index is 13.9. The number of halogens is 1. The van der Waals surface area contributed by atoms with E-state index in [2.05, 4.69) is 5.32 Å². The van der Waals surface area contributed by atoms with Gasteiger partial charge in [-0.15, -0.1) is 0 Å². The smallest absolute Gasteiger partial charge is 0.412 e. The Hall–Kier alpha value is -6.74. The standard InChI is InChI=1S/C46H38IN3O9/c1-27-35(31-21-23-34(54-2)43(55-3)42(31)57-24-28-14-8-5-9-15-28)39(50-46(53)59-26-30-18-12-7-13-19-30)38(49-45(27)58-25-29-16-10-6-11-17-29)33-22-20-32-37(48-33)41(52)36(47)44(56-4)40(32)51/h5-23H,24-26H2,1-4H3,(H,50,53). The first-order valence-electron chi connectivity index (χ1n) is 18.4. The molecule has 0 bridgehead atoms. The van der Waals surface area contributed by atoms with Gasteiger partial charge in [0, 0.05) is 16.7 Å². The summed E-state index contributed by atoms with van der Waals surface area (Å²) in [5, 5.41) is 2.95.